The number of rotatable bonds is 5. The third kappa shape index (κ3) is 3.11. The van der Waals surface area contributed by atoms with E-state index in [1.165, 1.54) is 6.26 Å². The van der Waals surface area contributed by atoms with E-state index >= 15 is 0 Å². The number of hydrogen-bond acceptors (Lipinski definition) is 4. The summed E-state index contributed by atoms with van der Waals surface area (Å²) >= 11 is 0. The van der Waals surface area contributed by atoms with E-state index in [1.54, 1.807) is 0 Å². The molecule has 0 aromatic heterocycles. The van der Waals surface area contributed by atoms with Gasteiger partial charge in [-0.05, 0) is 27.2 Å². The fourth-order valence-corrected chi connectivity index (χ4v) is 3.93. The summed E-state index contributed by atoms with van der Waals surface area (Å²) in [6, 6.07) is 0.638. The molecule has 0 aromatic carbocycles. The number of nitrogens with zero attached hydrogens (tertiary/aromatic N) is 2. The SMILES string of the molecule is CC(CC1C(F)CN1C(C)C)N1CC(S(C)(=O)=O)C1. The molecule has 2 saturated heterocycles. The Balaban J connectivity index is 1.81. The first-order valence-electron chi connectivity index (χ1n) is 7.03. The minimum absolute atomic E-state index is 0.00674. The zero-order valence-corrected chi connectivity index (χ0v) is 13.0. The third-order valence-electron chi connectivity index (χ3n) is 4.58. The third-order valence-corrected chi connectivity index (χ3v) is 6.09. The molecule has 3 unspecified atom stereocenters. The molecule has 112 valence electrons. The van der Waals surface area contributed by atoms with Crippen LogP contribution in [0.2, 0.25) is 0 Å². The van der Waals surface area contributed by atoms with Gasteiger partial charge in [0.15, 0.2) is 9.84 Å². The van der Waals surface area contributed by atoms with Gasteiger partial charge in [0.05, 0.1) is 5.25 Å². The summed E-state index contributed by atoms with van der Waals surface area (Å²) in [6.45, 7) is 8.00. The molecular weight excluding hydrogens is 267 g/mol. The van der Waals surface area contributed by atoms with Crippen molar-refractivity contribution in [3.8, 4) is 0 Å². The lowest BCUT2D eigenvalue weighted by atomic mass is 9.91. The molecule has 3 atom stereocenters. The molecule has 2 rings (SSSR count). The van der Waals surface area contributed by atoms with Crippen LogP contribution < -0.4 is 0 Å². The highest BCUT2D eigenvalue weighted by Crippen LogP contribution is 2.30. The molecule has 0 aliphatic carbocycles. The lowest BCUT2D eigenvalue weighted by molar-refractivity contribution is -0.0505. The molecule has 2 aliphatic heterocycles. The lowest BCUT2D eigenvalue weighted by Gasteiger charge is -2.50. The van der Waals surface area contributed by atoms with E-state index < -0.39 is 16.0 Å². The number of halogens is 1. The largest absolute Gasteiger partial charge is 0.298 e. The van der Waals surface area contributed by atoms with Crippen LogP contribution in [0.15, 0.2) is 0 Å². The van der Waals surface area contributed by atoms with E-state index in [9.17, 15) is 12.8 Å². The molecule has 2 fully saturated rings. The maximum atomic E-state index is 13.6. The average molecular weight is 292 g/mol. The van der Waals surface area contributed by atoms with Gasteiger partial charge in [-0.2, -0.15) is 0 Å². The fourth-order valence-electron chi connectivity index (χ4n) is 3.00. The van der Waals surface area contributed by atoms with Gasteiger partial charge in [-0.25, -0.2) is 12.8 Å². The van der Waals surface area contributed by atoms with Crippen molar-refractivity contribution in [3.05, 3.63) is 0 Å². The van der Waals surface area contributed by atoms with Crippen LogP contribution in [-0.2, 0) is 9.84 Å². The Morgan fingerprint density at radius 3 is 2.21 bits per heavy atom. The van der Waals surface area contributed by atoms with Crippen LogP contribution in [0.5, 0.6) is 0 Å². The van der Waals surface area contributed by atoms with E-state index in [0.29, 0.717) is 25.7 Å². The molecule has 0 saturated carbocycles. The van der Waals surface area contributed by atoms with Crippen molar-refractivity contribution < 1.29 is 12.8 Å². The highest BCUT2D eigenvalue weighted by molar-refractivity contribution is 7.91. The Morgan fingerprint density at radius 1 is 1.21 bits per heavy atom. The lowest BCUT2D eigenvalue weighted by Crippen LogP contribution is -2.64. The predicted molar refractivity (Wildman–Crippen MR) is 74.8 cm³/mol. The monoisotopic (exact) mass is 292 g/mol. The van der Waals surface area contributed by atoms with E-state index in [0.717, 1.165) is 6.42 Å². The molecule has 0 aromatic rings. The van der Waals surface area contributed by atoms with E-state index in [1.807, 2.05) is 0 Å². The standard InChI is InChI=1S/C13H25FN2O2S/c1-9(2)16-8-12(14)13(16)5-10(3)15-6-11(7-15)19(4,17)18/h9-13H,5-8H2,1-4H3. The summed E-state index contributed by atoms with van der Waals surface area (Å²) < 4.78 is 36.4. The highest BCUT2D eigenvalue weighted by atomic mass is 32.2. The van der Waals surface area contributed by atoms with Crippen molar-refractivity contribution in [2.75, 3.05) is 25.9 Å². The summed E-state index contributed by atoms with van der Waals surface area (Å²) in [7, 11) is -2.91. The van der Waals surface area contributed by atoms with Crippen molar-refractivity contribution in [1.82, 2.24) is 9.80 Å². The van der Waals surface area contributed by atoms with Crippen LogP contribution in [0.4, 0.5) is 4.39 Å². The van der Waals surface area contributed by atoms with Crippen molar-refractivity contribution in [2.24, 2.45) is 0 Å². The Labute approximate surface area is 115 Å². The van der Waals surface area contributed by atoms with Crippen molar-refractivity contribution in [3.63, 3.8) is 0 Å². The molecule has 0 radical (unpaired) electrons. The molecule has 0 N–H and O–H groups in total. The van der Waals surface area contributed by atoms with Crippen LogP contribution in [0, 0.1) is 0 Å². The van der Waals surface area contributed by atoms with Crippen LogP contribution in [0.1, 0.15) is 27.2 Å². The molecule has 0 spiro atoms. The quantitative estimate of drug-likeness (QED) is 0.756. The highest BCUT2D eigenvalue weighted by Gasteiger charge is 2.43. The number of sulfone groups is 1. The average Bonchev–Trinajstić information content (AvgIpc) is 2.17. The van der Waals surface area contributed by atoms with Gasteiger partial charge in [-0.3, -0.25) is 9.80 Å². The smallest absolute Gasteiger partial charge is 0.152 e. The summed E-state index contributed by atoms with van der Waals surface area (Å²) in [4.78, 5) is 4.34. The van der Waals surface area contributed by atoms with Gasteiger partial charge in [0.25, 0.3) is 0 Å². The molecule has 0 bridgehead atoms. The normalized spacial score (nSPS) is 32.1. The molecule has 0 amide bonds. The molecule has 2 heterocycles. The maximum Gasteiger partial charge on any atom is 0.152 e. The first-order valence-corrected chi connectivity index (χ1v) is 8.98. The first-order chi connectivity index (χ1) is 8.70. The second-order valence-electron chi connectivity index (χ2n) is 6.36. The second-order valence-corrected chi connectivity index (χ2v) is 8.69. The van der Waals surface area contributed by atoms with Crippen LogP contribution in [-0.4, -0.2) is 73.7 Å². The van der Waals surface area contributed by atoms with Crippen molar-refractivity contribution in [2.45, 2.75) is 56.7 Å². The number of alkyl halides is 1. The topological polar surface area (TPSA) is 40.6 Å². The van der Waals surface area contributed by atoms with Crippen LogP contribution in [0.3, 0.4) is 0 Å². The second kappa shape index (κ2) is 5.30. The maximum absolute atomic E-state index is 13.6. The zero-order valence-electron chi connectivity index (χ0n) is 12.2. The Morgan fingerprint density at radius 2 is 1.79 bits per heavy atom. The molecule has 4 nitrogen and oxygen atoms in total. The number of likely N-dealkylation sites (tertiary alicyclic amines) is 2. The van der Waals surface area contributed by atoms with E-state index in [4.69, 9.17) is 0 Å². The van der Waals surface area contributed by atoms with Crippen LogP contribution in [0.25, 0.3) is 0 Å². The minimum Gasteiger partial charge on any atom is -0.298 e. The van der Waals surface area contributed by atoms with E-state index in [2.05, 4.69) is 30.6 Å². The van der Waals surface area contributed by atoms with Gasteiger partial charge in [0, 0.05) is 44.0 Å². The summed E-state index contributed by atoms with van der Waals surface area (Å²) in [5, 5.41) is -0.223. The first kappa shape index (κ1) is 15.2. The zero-order chi connectivity index (χ0) is 14.4. The summed E-state index contributed by atoms with van der Waals surface area (Å²) in [6.07, 6.45) is 1.36. The Bertz CT molecular complexity index is 420. The predicted octanol–water partition coefficient (Wildman–Crippen LogP) is 0.925. The van der Waals surface area contributed by atoms with Crippen molar-refractivity contribution in [1.29, 1.82) is 0 Å². The molecule has 19 heavy (non-hydrogen) atoms. The molecular formula is C13H25FN2O2S. The fraction of sp³-hybridized carbons (Fsp3) is 1.00. The van der Waals surface area contributed by atoms with Gasteiger partial charge < -0.3 is 0 Å². The molecule has 6 heteroatoms. The van der Waals surface area contributed by atoms with Crippen molar-refractivity contribution >= 4 is 9.84 Å². The Kier molecular flexibility index (Phi) is 4.23. The number of hydrogen-bond donors (Lipinski definition) is 0. The Hall–Kier alpha value is -0.200. The van der Waals surface area contributed by atoms with Gasteiger partial charge in [0.1, 0.15) is 6.17 Å². The minimum atomic E-state index is -2.91. The summed E-state index contributed by atoms with van der Waals surface area (Å²) in [5.74, 6) is 0. The van der Waals surface area contributed by atoms with Gasteiger partial charge in [0.2, 0.25) is 0 Å². The van der Waals surface area contributed by atoms with Gasteiger partial charge in [-0.1, -0.05) is 0 Å². The van der Waals surface area contributed by atoms with Gasteiger partial charge >= 0.3 is 0 Å². The summed E-state index contributed by atoms with van der Waals surface area (Å²) in [5.41, 5.74) is 0. The van der Waals surface area contributed by atoms with Crippen LogP contribution >= 0.6 is 0 Å². The van der Waals surface area contributed by atoms with E-state index in [-0.39, 0.29) is 17.3 Å². The van der Waals surface area contributed by atoms with Gasteiger partial charge in [-0.15, -0.1) is 0 Å². The molecule has 2 aliphatic rings.